The Kier molecular flexibility index (Phi) is 4.28. The van der Waals surface area contributed by atoms with E-state index < -0.39 is 0 Å². The van der Waals surface area contributed by atoms with Crippen LogP contribution in [0.1, 0.15) is 67.6 Å². The SMILES string of the molecule is CC(c1ccccc1)c1ccc(C2CCCCC2)c(O)c1. The van der Waals surface area contributed by atoms with Crippen molar-refractivity contribution in [2.45, 2.75) is 50.9 Å². The van der Waals surface area contributed by atoms with Crippen LogP contribution in [0.3, 0.4) is 0 Å². The number of benzene rings is 2. The van der Waals surface area contributed by atoms with Crippen LogP contribution in [-0.4, -0.2) is 5.11 Å². The zero-order chi connectivity index (χ0) is 14.7. The molecule has 1 aliphatic carbocycles. The number of phenolic OH excluding ortho intramolecular Hbond substituents is 1. The highest BCUT2D eigenvalue weighted by molar-refractivity contribution is 5.42. The summed E-state index contributed by atoms with van der Waals surface area (Å²) in [5.74, 6) is 1.36. The molecule has 1 atom stereocenters. The van der Waals surface area contributed by atoms with Gasteiger partial charge in [0.1, 0.15) is 5.75 Å². The van der Waals surface area contributed by atoms with E-state index in [2.05, 4.69) is 43.3 Å². The van der Waals surface area contributed by atoms with Crippen molar-refractivity contribution in [1.29, 1.82) is 0 Å². The number of hydrogen-bond donors (Lipinski definition) is 1. The number of rotatable bonds is 3. The Hall–Kier alpha value is -1.76. The summed E-state index contributed by atoms with van der Waals surface area (Å²) in [5.41, 5.74) is 3.64. The van der Waals surface area contributed by atoms with Gasteiger partial charge in [-0.2, -0.15) is 0 Å². The molecule has 1 unspecified atom stereocenters. The summed E-state index contributed by atoms with van der Waals surface area (Å²) in [7, 11) is 0. The van der Waals surface area contributed by atoms with Crippen molar-refractivity contribution >= 4 is 0 Å². The second kappa shape index (κ2) is 6.34. The molecule has 1 heteroatoms. The van der Waals surface area contributed by atoms with Gasteiger partial charge < -0.3 is 5.11 Å². The smallest absolute Gasteiger partial charge is 0.119 e. The van der Waals surface area contributed by atoms with Gasteiger partial charge in [0.15, 0.2) is 0 Å². The summed E-state index contributed by atoms with van der Waals surface area (Å²) in [6, 6.07) is 16.8. The van der Waals surface area contributed by atoms with Crippen molar-refractivity contribution in [1.82, 2.24) is 0 Å². The Morgan fingerprint density at radius 2 is 1.62 bits per heavy atom. The molecule has 0 spiro atoms. The predicted octanol–water partition coefficient (Wildman–Crippen LogP) is 5.59. The summed E-state index contributed by atoms with van der Waals surface area (Å²) in [5, 5.41) is 10.4. The molecular weight excluding hydrogens is 256 g/mol. The van der Waals surface area contributed by atoms with Gasteiger partial charge >= 0.3 is 0 Å². The Morgan fingerprint density at radius 1 is 0.905 bits per heavy atom. The molecule has 2 aromatic carbocycles. The van der Waals surface area contributed by atoms with Gasteiger partial charge in [0.25, 0.3) is 0 Å². The third-order valence-electron chi connectivity index (χ3n) is 4.90. The fourth-order valence-electron chi connectivity index (χ4n) is 3.52. The molecule has 2 aromatic rings. The van der Waals surface area contributed by atoms with Crippen LogP contribution in [0.5, 0.6) is 5.75 Å². The standard InChI is InChI=1S/C20H24O/c1-15(16-8-4-2-5-9-16)18-12-13-19(20(21)14-18)17-10-6-3-7-11-17/h2,4-5,8-9,12-15,17,21H,3,6-7,10-11H2,1H3. The van der Waals surface area contributed by atoms with Crippen LogP contribution < -0.4 is 0 Å². The fraction of sp³-hybridized carbons (Fsp3) is 0.400. The third kappa shape index (κ3) is 3.12. The van der Waals surface area contributed by atoms with Gasteiger partial charge in [-0.15, -0.1) is 0 Å². The van der Waals surface area contributed by atoms with Crippen LogP contribution >= 0.6 is 0 Å². The molecule has 0 aliphatic heterocycles. The molecule has 1 saturated carbocycles. The van der Waals surface area contributed by atoms with Crippen molar-refractivity contribution in [2.75, 3.05) is 0 Å². The molecule has 110 valence electrons. The highest BCUT2D eigenvalue weighted by atomic mass is 16.3. The minimum atomic E-state index is 0.317. The average molecular weight is 280 g/mol. The Labute approximate surface area is 127 Å². The van der Waals surface area contributed by atoms with E-state index in [4.69, 9.17) is 0 Å². The molecule has 21 heavy (non-hydrogen) atoms. The lowest BCUT2D eigenvalue weighted by Crippen LogP contribution is -2.05. The van der Waals surface area contributed by atoms with Crippen LogP contribution in [0, 0.1) is 0 Å². The molecule has 1 N–H and O–H groups in total. The first-order valence-corrected chi connectivity index (χ1v) is 8.13. The molecule has 1 fully saturated rings. The largest absolute Gasteiger partial charge is 0.508 e. The zero-order valence-corrected chi connectivity index (χ0v) is 12.8. The number of phenols is 1. The highest BCUT2D eigenvalue weighted by Gasteiger charge is 2.19. The van der Waals surface area contributed by atoms with E-state index in [1.807, 2.05) is 12.1 Å². The van der Waals surface area contributed by atoms with Crippen molar-refractivity contribution < 1.29 is 5.11 Å². The highest BCUT2D eigenvalue weighted by Crippen LogP contribution is 2.38. The molecular formula is C20H24O. The van der Waals surface area contributed by atoms with Crippen LogP contribution in [-0.2, 0) is 0 Å². The van der Waals surface area contributed by atoms with Gasteiger partial charge in [-0.3, -0.25) is 0 Å². The molecule has 0 heterocycles. The van der Waals surface area contributed by atoms with Crippen LogP contribution in [0.2, 0.25) is 0 Å². The van der Waals surface area contributed by atoms with E-state index in [-0.39, 0.29) is 0 Å². The van der Waals surface area contributed by atoms with E-state index in [9.17, 15) is 5.11 Å². The fourth-order valence-corrected chi connectivity index (χ4v) is 3.52. The second-order valence-corrected chi connectivity index (χ2v) is 6.29. The Morgan fingerprint density at radius 3 is 2.29 bits per heavy atom. The zero-order valence-electron chi connectivity index (χ0n) is 12.8. The summed E-state index contributed by atoms with van der Waals surface area (Å²) < 4.78 is 0. The summed E-state index contributed by atoms with van der Waals surface area (Å²) in [6.45, 7) is 2.20. The van der Waals surface area contributed by atoms with Crippen molar-refractivity contribution in [3.05, 3.63) is 65.2 Å². The molecule has 1 nitrogen and oxygen atoms in total. The van der Waals surface area contributed by atoms with Crippen LogP contribution in [0.15, 0.2) is 48.5 Å². The van der Waals surface area contributed by atoms with E-state index in [0.29, 0.717) is 17.6 Å². The van der Waals surface area contributed by atoms with E-state index >= 15 is 0 Å². The lowest BCUT2D eigenvalue weighted by Gasteiger charge is -2.23. The van der Waals surface area contributed by atoms with Gasteiger partial charge in [0.05, 0.1) is 0 Å². The minimum Gasteiger partial charge on any atom is -0.508 e. The number of aromatic hydroxyl groups is 1. The lowest BCUT2D eigenvalue weighted by atomic mass is 9.82. The van der Waals surface area contributed by atoms with E-state index in [1.165, 1.54) is 43.2 Å². The first-order chi connectivity index (χ1) is 10.3. The first kappa shape index (κ1) is 14.2. The summed E-state index contributed by atoms with van der Waals surface area (Å²) >= 11 is 0. The number of hydrogen-bond acceptors (Lipinski definition) is 1. The maximum Gasteiger partial charge on any atom is 0.119 e. The maximum absolute atomic E-state index is 10.4. The van der Waals surface area contributed by atoms with Gasteiger partial charge in [0.2, 0.25) is 0 Å². The van der Waals surface area contributed by atoms with Gasteiger partial charge in [-0.25, -0.2) is 0 Å². The monoisotopic (exact) mass is 280 g/mol. The van der Waals surface area contributed by atoms with Gasteiger partial charge in [0, 0.05) is 5.92 Å². The molecule has 0 amide bonds. The first-order valence-electron chi connectivity index (χ1n) is 8.13. The average Bonchev–Trinajstić information content (AvgIpc) is 2.55. The Bertz CT molecular complexity index is 582. The molecule has 0 radical (unpaired) electrons. The summed E-state index contributed by atoms with van der Waals surface area (Å²) in [6.07, 6.45) is 6.39. The topological polar surface area (TPSA) is 20.2 Å². The molecule has 0 bridgehead atoms. The van der Waals surface area contributed by atoms with Gasteiger partial charge in [-0.05, 0) is 41.5 Å². The van der Waals surface area contributed by atoms with Crippen molar-refractivity contribution in [2.24, 2.45) is 0 Å². The van der Waals surface area contributed by atoms with E-state index in [0.717, 1.165) is 5.56 Å². The summed E-state index contributed by atoms with van der Waals surface area (Å²) in [4.78, 5) is 0. The minimum absolute atomic E-state index is 0.317. The van der Waals surface area contributed by atoms with Crippen molar-refractivity contribution in [3.63, 3.8) is 0 Å². The molecule has 0 saturated heterocycles. The normalized spacial score (nSPS) is 17.6. The maximum atomic E-state index is 10.4. The predicted molar refractivity (Wildman–Crippen MR) is 87.9 cm³/mol. The quantitative estimate of drug-likeness (QED) is 0.776. The molecule has 1 aliphatic rings. The Balaban J connectivity index is 1.83. The van der Waals surface area contributed by atoms with Crippen LogP contribution in [0.25, 0.3) is 0 Å². The molecule has 3 rings (SSSR count). The third-order valence-corrected chi connectivity index (χ3v) is 4.90. The van der Waals surface area contributed by atoms with Crippen molar-refractivity contribution in [3.8, 4) is 5.75 Å². The molecule has 0 aromatic heterocycles. The van der Waals surface area contributed by atoms with Crippen LogP contribution in [0.4, 0.5) is 0 Å². The second-order valence-electron chi connectivity index (χ2n) is 6.29. The lowest BCUT2D eigenvalue weighted by molar-refractivity contribution is 0.414. The van der Waals surface area contributed by atoms with E-state index in [1.54, 1.807) is 0 Å². The van der Waals surface area contributed by atoms with Gasteiger partial charge in [-0.1, -0.05) is 68.7 Å².